The van der Waals surface area contributed by atoms with Crippen LogP contribution in [0.1, 0.15) is 39.7 Å². The lowest BCUT2D eigenvalue weighted by Crippen LogP contribution is -2.28. The fraction of sp³-hybridized carbons (Fsp3) is 0.529. The quantitative estimate of drug-likeness (QED) is 0.856. The number of anilines is 1. The Labute approximate surface area is 131 Å². The van der Waals surface area contributed by atoms with E-state index < -0.39 is 0 Å². The van der Waals surface area contributed by atoms with E-state index in [1.165, 1.54) is 17.3 Å². The van der Waals surface area contributed by atoms with E-state index in [1.807, 2.05) is 23.1 Å². The van der Waals surface area contributed by atoms with Gasteiger partial charge in [-0.3, -0.25) is 9.59 Å². The van der Waals surface area contributed by atoms with Crippen LogP contribution in [0.2, 0.25) is 0 Å². The molecule has 1 atom stereocenters. The fourth-order valence-electron chi connectivity index (χ4n) is 2.70. The average molecular weight is 305 g/mol. The van der Waals surface area contributed by atoms with Gasteiger partial charge in [0, 0.05) is 31.3 Å². The number of thioether (sulfide) groups is 1. The summed E-state index contributed by atoms with van der Waals surface area (Å²) in [7, 11) is 0. The molecule has 0 N–H and O–H groups in total. The summed E-state index contributed by atoms with van der Waals surface area (Å²) in [5.41, 5.74) is 2.21. The molecule has 4 heteroatoms. The molecule has 114 valence electrons. The highest BCUT2D eigenvalue weighted by atomic mass is 32.2. The molecule has 1 aromatic rings. The number of amides is 1. The smallest absolute Gasteiger partial charge is 0.227 e. The zero-order chi connectivity index (χ0) is 15.6. The van der Waals surface area contributed by atoms with Crippen LogP contribution in [-0.2, 0) is 15.0 Å². The van der Waals surface area contributed by atoms with Crippen LogP contribution in [0, 0.1) is 5.92 Å². The zero-order valence-electron chi connectivity index (χ0n) is 13.2. The molecule has 1 aliphatic rings. The summed E-state index contributed by atoms with van der Waals surface area (Å²) < 4.78 is 0. The molecular formula is C17H23NO2S. The number of hydrogen-bond donors (Lipinski definition) is 0. The molecule has 0 bridgehead atoms. The minimum absolute atomic E-state index is 0.00307. The fourth-order valence-corrected chi connectivity index (χ4v) is 3.40. The highest BCUT2D eigenvalue weighted by molar-refractivity contribution is 8.13. The van der Waals surface area contributed by atoms with Gasteiger partial charge >= 0.3 is 0 Å². The van der Waals surface area contributed by atoms with Crippen LogP contribution in [0.25, 0.3) is 0 Å². The second-order valence-corrected chi connectivity index (χ2v) is 7.84. The SMILES string of the molecule is CC(=O)SCC1CC(=O)N(c2ccccc2C(C)(C)C)C1. The van der Waals surface area contributed by atoms with Crippen molar-refractivity contribution in [3.8, 4) is 0 Å². The monoisotopic (exact) mass is 305 g/mol. The standard InChI is InChI=1S/C17H23NO2S/c1-12(19)21-11-13-9-16(20)18(10-13)15-8-6-5-7-14(15)17(2,3)4/h5-8,13H,9-11H2,1-4H3. The largest absolute Gasteiger partial charge is 0.312 e. The van der Waals surface area contributed by atoms with Crippen LogP contribution < -0.4 is 4.90 Å². The first-order valence-corrected chi connectivity index (χ1v) is 8.31. The Kier molecular flexibility index (Phi) is 4.77. The Morgan fingerprint density at radius 2 is 2.00 bits per heavy atom. The number of benzene rings is 1. The van der Waals surface area contributed by atoms with Crippen LogP contribution in [0.5, 0.6) is 0 Å². The number of hydrogen-bond acceptors (Lipinski definition) is 3. The first-order valence-electron chi connectivity index (χ1n) is 7.32. The number of nitrogens with zero attached hydrogens (tertiary/aromatic N) is 1. The maximum absolute atomic E-state index is 12.3. The first kappa shape index (κ1) is 16.1. The number of rotatable bonds is 3. The molecular weight excluding hydrogens is 282 g/mol. The van der Waals surface area contributed by atoms with E-state index in [4.69, 9.17) is 0 Å². The molecule has 0 saturated carbocycles. The van der Waals surface area contributed by atoms with Crippen molar-refractivity contribution in [2.24, 2.45) is 5.92 Å². The predicted molar refractivity (Wildman–Crippen MR) is 88.7 cm³/mol. The van der Waals surface area contributed by atoms with E-state index in [-0.39, 0.29) is 22.4 Å². The molecule has 1 saturated heterocycles. The van der Waals surface area contributed by atoms with Crippen LogP contribution >= 0.6 is 11.8 Å². The molecule has 1 heterocycles. The topological polar surface area (TPSA) is 37.4 Å². The lowest BCUT2D eigenvalue weighted by atomic mass is 9.85. The number of carbonyl (C=O) groups is 2. The minimum atomic E-state index is 0.00307. The molecule has 0 aliphatic carbocycles. The summed E-state index contributed by atoms with van der Waals surface area (Å²) >= 11 is 1.32. The van der Waals surface area contributed by atoms with E-state index in [1.54, 1.807) is 6.92 Å². The molecule has 1 unspecified atom stereocenters. The van der Waals surface area contributed by atoms with Crippen molar-refractivity contribution >= 4 is 28.5 Å². The molecule has 0 aromatic heterocycles. The van der Waals surface area contributed by atoms with Crippen molar-refractivity contribution in [1.82, 2.24) is 0 Å². The van der Waals surface area contributed by atoms with Crippen molar-refractivity contribution in [1.29, 1.82) is 0 Å². The summed E-state index contributed by atoms with van der Waals surface area (Å²) in [6, 6.07) is 8.13. The Hall–Kier alpha value is -1.29. The van der Waals surface area contributed by atoms with Crippen molar-refractivity contribution < 1.29 is 9.59 Å². The lowest BCUT2D eigenvalue weighted by Gasteiger charge is -2.27. The second-order valence-electron chi connectivity index (χ2n) is 6.64. The number of carbonyl (C=O) groups excluding carboxylic acids is 2. The second kappa shape index (κ2) is 6.22. The van der Waals surface area contributed by atoms with Gasteiger partial charge in [0.2, 0.25) is 5.91 Å². The number of para-hydroxylation sites is 1. The molecule has 21 heavy (non-hydrogen) atoms. The molecule has 3 nitrogen and oxygen atoms in total. The summed E-state index contributed by atoms with van der Waals surface area (Å²) in [4.78, 5) is 25.3. The van der Waals surface area contributed by atoms with E-state index in [2.05, 4.69) is 26.8 Å². The van der Waals surface area contributed by atoms with Gasteiger partial charge in [0.1, 0.15) is 0 Å². The van der Waals surface area contributed by atoms with Crippen LogP contribution in [0.4, 0.5) is 5.69 Å². The van der Waals surface area contributed by atoms with Crippen LogP contribution in [-0.4, -0.2) is 23.3 Å². The summed E-state index contributed by atoms with van der Waals surface area (Å²) in [6.07, 6.45) is 0.540. The maximum Gasteiger partial charge on any atom is 0.227 e. The normalized spacial score (nSPS) is 19.1. The third-order valence-electron chi connectivity index (χ3n) is 3.73. The van der Waals surface area contributed by atoms with Crippen molar-refractivity contribution in [3.63, 3.8) is 0 Å². The molecule has 1 aliphatic heterocycles. The predicted octanol–water partition coefficient (Wildman–Crippen LogP) is 3.62. The maximum atomic E-state index is 12.3. The van der Waals surface area contributed by atoms with E-state index >= 15 is 0 Å². The van der Waals surface area contributed by atoms with Gasteiger partial charge < -0.3 is 4.90 Å². The van der Waals surface area contributed by atoms with Gasteiger partial charge in [-0.15, -0.1) is 0 Å². The van der Waals surface area contributed by atoms with Crippen molar-refractivity contribution in [3.05, 3.63) is 29.8 Å². The molecule has 1 fully saturated rings. The van der Waals surface area contributed by atoms with Gasteiger partial charge in [-0.25, -0.2) is 0 Å². The highest BCUT2D eigenvalue weighted by Crippen LogP contribution is 2.35. The van der Waals surface area contributed by atoms with Gasteiger partial charge in [-0.2, -0.15) is 0 Å². The summed E-state index contributed by atoms with van der Waals surface area (Å²) in [5.74, 6) is 1.16. The van der Waals surface area contributed by atoms with E-state index in [9.17, 15) is 9.59 Å². The van der Waals surface area contributed by atoms with Crippen molar-refractivity contribution in [2.45, 2.75) is 39.5 Å². The van der Waals surface area contributed by atoms with Crippen LogP contribution in [0.3, 0.4) is 0 Å². The summed E-state index contributed by atoms with van der Waals surface area (Å²) in [5, 5.41) is 0.121. The van der Waals surface area contributed by atoms with Gasteiger partial charge in [0.15, 0.2) is 5.12 Å². The molecule has 1 aromatic carbocycles. The zero-order valence-corrected chi connectivity index (χ0v) is 14.0. The molecule has 0 radical (unpaired) electrons. The Bertz CT molecular complexity index is 548. The average Bonchev–Trinajstić information content (AvgIpc) is 2.76. The van der Waals surface area contributed by atoms with E-state index in [0.29, 0.717) is 13.0 Å². The molecule has 0 spiro atoms. The van der Waals surface area contributed by atoms with Crippen molar-refractivity contribution in [2.75, 3.05) is 17.2 Å². The highest BCUT2D eigenvalue weighted by Gasteiger charge is 2.33. The summed E-state index contributed by atoms with van der Waals surface area (Å²) in [6.45, 7) is 8.78. The van der Waals surface area contributed by atoms with Gasteiger partial charge in [-0.1, -0.05) is 50.7 Å². The first-order chi connectivity index (χ1) is 9.79. The van der Waals surface area contributed by atoms with Gasteiger partial charge in [0.05, 0.1) is 0 Å². The van der Waals surface area contributed by atoms with Gasteiger partial charge in [-0.05, 0) is 23.0 Å². The Balaban J connectivity index is 2.20. The molecule has 1 amide bonds. The van der Waals surface area contributed by atoms with Crippen LogP contribution in [0.15, 0.2) is 24.3 Å². The minimum Gasteiger partial charge on any atom is -0.312 e. The lowest BCUT2D eigenvalue weighted by molar-refractivity contribution is -0.117. The Morgan fingerprint density at radius 1 is 1.33 bits per heavy atom. The van der Waals surface area contributed by atoms with Gasteiger partial charge in [0.25, 0.3) is 0 Å². The third-order valence-corrected chi connectivity index (χ3v) is 4.77. The van der Waals surface area contributed by atoms with E-state index in [0.717, 1.165) is 11.4 Å². The third kappa shape index (κ3) is 3.88. The Morgan fingerprint density at radius 3 is 2.62 bits per heavy atom. The molecule has 2 rings (SSSR count).